The third-order valence-electron chi connectivity index (χ3n) is 4.22. The van der Waals surface area contributed by atoms with Crippen molar-refractivity contribution in [2.45, 2.75) is 20.3 Å². The predicted molar refractivity (Wildman–Crippen MR) is 105 cm³/mol. The van der Waals surface area contributed by atoms with E-state index in [1.807, 2.05) is 6.92 Å². The molecule has 0 aliphatic carbocycles. The summed E-state index contributed by atoms with van der Waals surface area (Å²) in [5, 5.41) is 3.44. The van der Waals surface area contributed by atoms with Crippen molar-refractivity contribution in [2.24, 2.45) is 0 Å². The standard InChI is InChI=1S/C20H21ClN2O4/c1-13-11-15(21)3-5-17(13)23(14(2)24)8-7-20(25)22-16-4-6-18-19(12-16)27-10-9-26-18/h3-6,11-12H,7-10H2,1-2H3,(H,22,25). The Labute approximate surface area is 163 Å². The number of nitrogens with one attached hydrogen (secondary N) is 1. The van der Waals surface area contributed by atoms with Gasteiger partial charge in [-0.2, -0.15) is 0 Å². The molecule has 2 aromatic rings. The Morgan fingerprint density at radius 2 is 1.85 bits per heavy atom. The summed E-state index contributed by atoms with van der Waals surface area (Å²) in [5.74, 6) is 0.957. The maximum absolute atomic E-state index is 12.3. The van der Waals surface area contributed by atoms with Crippen LogP contribution in [-0.4, -0.2) is 31.6 Å². The van der Waals surface area contributed by atoms with E-state index in [0.29, 0.717) is 35.4 Å². The maximum atomic E-state index is 12.3. The highest BCUT2D eigenvalue weighted by molar-refractivity contribution is 6.30. The maximum Gasteiger partial charge on any atom is 0.226 e. The first-order chi connectivity index (χ1) is 12.9. The largest absolute Gasteiger partial charge is 0.486 e. The molecule has 0 unspecified atom stereocenters. The van der Waals surface area contributed by atoms with Gasteiger partial charge in [0.2, 0.25) is 11.8 Å². The molecule has 0 atom stereocenters. The molecule has 6 nitrogen and oxygen atoms in total. The lowest BCUT2D eigenvalue weighted by Crippen LogP contribution is -2.32. The van der Waals surface area contributed by atoms with Gasteiger partial charge >= 0.3 is 0 Å². The van der Waals surface area contributed by atoms with Gasteiger partial charge in [0.1, 0.15) is 13.2 Å². The van der Waals surface area contributed by atoms with Gasteiger partial charge in [0.05, 0.1) is 0 Å². The molecule has 3 rings (SSSR count). The summed E-state index contributed by atoms with van der Waals surface area (Å²) in [6, 6.07) is 10.6. The molecule has 0 aromatic heterocycles. The Morgan fingerprint density at radius 3 is 2.56 bits per heavy atom. The van der Waals surface area contributed by atoms with Crippen LogP contribution in [0, 0.1) is 6.92 Å². The van der Waals surface area contributed by atoms with E-state index in [1.54, 1.807) is 41.3 Å². The number of fused-ring (bicyclic) bond motifs is 1. The smallest absolute Gasteiger partial charge is 0.226 e. The van der Waals surface area contributed by atoms with Crippen LogP contribution in [0.4, 0.5) is 11.4 Å². The molecule has 1 heterocycles. The van der Waals surface area contributed by atoms with Gasteiger partial charge < -0.3 is 19.7 Å². The van der Waals surface area contributed by atoms with E-state index >= 15 is 0 Å². The number of hydrogen-bond acceptors (Lipinski definition) is 4. The Bertz CT molecular complexity index is 869. The molecule has 7 heteroatoms. The Balaban J connectivity index is 1.63. The van der Waals surface area contributed by atoms with Crippen molar-refractivity contribution in [2.75, 3.05) is 30.0 Å². The first kappa shape index (κ1) is 19.0. The topological polar surface area (TPSA) is 67.9 Å². The third kappa shape index (κ3) is 4.71. The first-order valence-electron chi connectivity index (χ1n) is 8.68. The van der Waals surface area contributed by atoms with Crippen molar-refractivity contribution >= 4 is 34.8 Å². The molecule has 0 radical (unpaired) electrons. The van der Waals surface area contributed by atoms with Crippen molar-refractivity contribution < 1.29 is 19.1 Å². The Hall–Kier alpha value is -2.73. The minimum absolute atomic E-state index is 0.132. The minimum Gasteiger partial charge on any atom is -0.486 e. The molecule has 0 saturated heterocycles. The number of aryl methyl sites for hydroxylation is 1. The lowest BCUT2D eigenvalue weighted by atomic mass is 10.1. The van der Waals surface area contributed by atoms with Crippen LogP contribution in [0.3, 0.4) is 0 Å². The number of nitrogens with zero attached hydrogens (tertiary/aromatic N) is 1. The molecule has 1 aliphatic rings. The first-order valence-corrected chi connectivity index (χ1v) is 9.05. The lowest BCUT2D eigenvalue weighted by molar-refractivity contribution is -0.117. The van der Waals surface area contributed by atoms with E-state index in [1.165, 1.54) is 6.92 Å². The molecule has 0 saturated carbocycles. The van der Waals surface area contributed by atoms with Crippen LogP contribution in [0.25, 0.3) is 0 Å². The quantitative estimate of drug-likeness (QED) is 0.845. The zero-order valence-electron chi connectivity index (χ0n) is 15.3. The van der Waals surface area contributed by atoms with Crippen LogP contribution >= 0.6 is 11.6 Å². The molecule has 0 spiro atoms. The number of carbonyl (C=O) groups is 2. The second-order valence-electron chi connectivity index (χ2n) is 6.26. The molecule has 0 fully saturated rings. The molecule has 0 bridgehead atoms. The van der Waals surface area contributed by atoms with E-state index in [-0.39, 0.29) is 24.8 Å². The van der Waals surface area contributed by atoms with Crippen molar-refractivity contribution in [1.29, 1.82) is 0 Å². The molecule has 2 amide bonds. The monoisotopic (exact) mass is 388 g/mol. The van der Waals surface area contributed by atoms with Crippen molar-refractivity contribution in [3.8, 4) is 11.5 Å². The zero-order valence-corrected chi connectivity index (χ0v) is 16.0. The lowest BCUT2D eigenvalue weighted by Gasteiger charge is -2.23. The van der Waals surface area contributed by atoms with Crippen LogP contribution in [-0.2, 0) is 9.59 Å². The third-order valence-corrected chi connectivity index (χ3v) is 4.45. The summed E-state index contributed by atoms with van der Waals surface area (Å²) in [7, 11) is 0. The number of halogens is 1. The van der Waals surface area contributed by atoms with Gasteiger partial charge in [-0.3, -0.25) is 9.59 Å². The fourth-order valence-corrected chi connectivity index (χ4v) is 3.15. The van der Waals surface area contributed by atoms with Crippen LogP contribution in [0.5, 0.6) is 11.5 Å². The molecule has 27 heavy (non-hydrogen) atoms. The van der Waals surface area contributed by atoms with Crippen LogP contribution in [0.1, 0.15) is 18.9 Å². The second-order valence-corrected chi connectivity index (χ2v) is 6.69. The summed E-state index contributed by atoms with van der Waals surface area (Å²) in [5.41, 5.74) is 2.25. The summed E-state index contributed by atoms with van der Waals surface area (Å²) in [6.07, 6.45) is 0.163. The van der Waals surface area contributed by atoms with Gasteiger partial charge in [-0.25, -0.2) is 0 Å². The van der Waals surface area contributed by atoms with Gasteiger partial charge in [0, 0.05) is 42.4 Å². The molecular formula is C20H21ClN2O4. The molecular weight excluding hydrogens is 368 g/mol. The van der Waals surface area contributed by atoms with E-state index in [9.17, 15) is 9.59 Å². The Morgan fingerprint density at radius 1 is 1.11 bits per heavy atom. The van der Waals surface area contributed by atoms with Gasteiger partial charge in [-0.15, -0.1) is 0 Å². The second kappa shape index (κ2) is 8.31. The van der Waals surface area contributed by atoms with Gasteiger partial charge in [-0.1, -0.05) is 11.6 Å². The zero-order chi connectivity index (χ0) is 19.4. The van der Waals surface area contributed by atoms with E-state index in [2.05, 4.69) is 5.32 Å². The highest BCUT2D eigenvalue weighted by Gasteiger charge is 2.17. The fourth-order valence-electron chi connectivity index (χ4n) is 2.93. The summed E-state index contributed by atoms with van der Waals surface area (Å²) < 4.78 is 11.0. The van der Waals surface area contributed by atoms with Crippen molar-refractivity contribution in [1.82, 2.24) is 0 Å². The number of amides is 2. The average molecular weight is 389 g/mol. The SMILES string of the molecule is CC(=O)N(CCC(=O)Nc1ccc2c(c1)OCCO2)c1ccc(Cl)cc1C. The van der Waals surface area contributed by atoms with Gasteiger partial charge in [0.15, 0.2) is 11.5 Å². The number of anilines is 2. The van der Waals surface area contributed by atoms with E-state index < -0.39 is 0 Å². The van der Waals surface area contributed by atoms with Crippen LogP contribution in [0.15, 0.2) is 36.4 Å². The van der Waals surface area contributed by atoms with E-state index in [4.69, 9.17) is 21.1 Å². The normalized spacial score (nSPS) is 12.4. The van der Waals surface area contributed by atoms with E-state index in [0.717, 1.165) is 11.3 Å². The predicted octanol–water partition coefficient (Wildman–Crippen LogP) is 3.80. The summed E-state index contributed by atoms with van der Waals surface area (Å²) in [6.45, 7) is 4.63. The minimum atomic E-state index is -0.190. The Kier molecular flexibility index (Phi) is 5.86. The number of hydrogen-bond donors (Lipinski definition) is 1. The fraction of sp³-hybridized carbons (Fsp3) is 0.300. The van der Waals surface area contributed by atoms with Crippen LogP contribution < -0.4 is 19.7 Å². The highest BCUT2D eigenvalue weighted by atomic mass is 35.5. The molecule has 2 aromatic carbocycles. The molecule has 1 aliphatic heterocycles. The van der Waals surface area contributed by atoms with Crippen molar-refractivity contribution in [3.63, 3.8) is 0 Å². The summed E-state index contributed by atoms with van der Waals surface area (Å²) in [4.78, 5) is 26.0. The number of carbonyl (C=O) groups excluding carboxylic acids is 2. The number of rotatable bonds is 5. The highest BCUT2D eigenvalue weighted by Crippen LogP contribution is 2.32. The summed E-state index contributed by atoms with van der Waals surface area (Å²) >= 11 is 5.98. The molecule has 1 N–H and O–H groups in total. The number of ether oxygens (including phenoxy) is 2. The van der Waals surface area contributed by atoms with Gasteiger partial charge in [0.25, 0.3) is 0 Å². The molecule has 142 valence electrons. The van der Waals surface area contributed by atoms with Gasteiger partial charge in [-0.05, 0) is 42.8 Å². The average Bonchev–Trinajstić information content (AvgIpc) is 2.63. The van der Waals surface area contributed by atoms with Crippen molar-refractivity contribution in [3.05, 3.63) is 47.0 Å². The number of benzene rings is 2. The van der Waals surface area contributed by atoms with Crippen LogP contribution in [0.2, 0.25) is 5.02 Å².